The van der Waals surface area contributed by atoms with Crippen molar-refractivity contribution in [3.63, 3.8) is 0 Å². The summed E-state index contributed by atoms with van der Waals surface area (Å²) in [4.78, 5) is 2.67. The summed E-state index contributed by atoms with van der Waals surface area (Å²) in [5.74, 6) is 0. The summed E-state index contributed by atoms with van der Waals surface area (Å²) in [5, 5.41) is 3.67. The van der Waals surface area contributed by atoms with E-state index in [-0.39, 0.29) is 0 Å². The van der Waals surface area contributed by atoms with Gasteiger partial charge in [0.2, 0.25) is 0 Å². The van der Waals surface area contributed by atoms with Crippen LogP contribution in [0.15, 0.2) is 0 Å². The molecule has 0 spiro atoms. The fourth-order valence-electron chi connectivity index (χ4n) is 2.48. The standard InChI is InChI=1S/C14H30N2/c1-5-8-13-11-16(10-7-9-15-13)12-14(3,4)6-2/h13,15H,5-12H2,1-4H3. The van der Waals surface area contributed by atoms with Gasteiger partial charge in [-0.05, 0) is 37.8 Å². The smallest absolute Gasteiger partial charge is 0.0194 e. The number of rotatable bonds is 5. The molecule has 1 saturated heterocycles. The monoisotopic (exact) mass is 226 g/mol. The predicted octanol–water partition coefficient (Wildman–Crippen LogP) is 2.89. The molecule has 0 aromatic heterocycles. The van der Waals surface area contributed by atoms with E-state index in [2.05, 4.69) is 37.9 Å². The first-order chi connectivity index (χ1) is 7.57. The molecule has 0 aromatic carbocycles. The summed E-state index contributed by atoms with van der Waals surface area (Å²) in [6.07, 6.45) is 5.20. The molecule has 1 unspecified atom stereocenters. The highest BCUT2D eigenvalue weighted by Crippen LogP contribution is 2.22. The largest absolute Gasteiger partial charge is 0.313 e. The zero-order chi connectivity index (χ0) is 12.0. The molecular formula is C14H30N2. The van der Waals surface area contributed by atoms with E-state index in [1.54, 1.807) is 0 Å². The highest BCUT2D eigenvalue weighted by molar-refractivity contribution is 4.80. The highest BCUT2D eigenvalue weighted by Gasteiger charge is 2.23. The van der Waals surface area contributed by atoms with Gasteiger partial charge in [0, 0.05) is 19.1 Å². The molecule has 1 atom stereocenters. The first-order valence-electron chi connectivity index (χ1n) is 7.03. The van der Waals surface area contributed by atoms with Crippen molar-refractivity contribution in [3.8, 4) is 0 Å². The third-order valence-corrected chi connectivity index (χ3v) is 3.81. The van der Waals surface area contributed by atoms with Crippen molar-refractivity contribution in [1.29, 1.82) is 0 Å². The van der Waals surface area contributed by atoms with Crippen LogP contribution in [0.5, 0.6) is 0 Å². The summed E-state index contributed by atoms with van der Waals surface area (Å²) >= 11 is 0. The molecule has 1 heterocycles. The minimum atomic E-state index is 0.473. The van der Waals surface area contributed by atoms with Crippen LogP contribution in [0, 0.1) is 5.41 Å². The summed E-state index contributed by atoms with van der Waals surface area (Å²) in [5.41, 5.74) is 0.473. The van der Waals surface area contributed by atoms with E-state index in [9.17, 15) is 0 Å². The highest BCUT2D eigenvalue weighted by atomic mass is 15.2. The van der Waals surface area contributed by atoms with Crippen LogP contribution in [0.1, 0.15) is 53.4 Å². The Labute approximate surface area is 102 Å². The Morgan fingerprint density at radius 3 is 2.69 bits per heavy atom. The number of hydrogen-bond acceptors (Lipinski definition) is 2. The molecule has 0 aromatic rings. The average Bonchev–Trinajstić information content (AvgIpc) is 2.44. The Balaban J connectivity index is 2.45. The van der Waals surface area contributed by atoms with E-state index in [0.717, 1.165) is 6.04 Å². The summed E-state index contributed by atoms with van der Waals surface area (Å²) in [6.45, 7) is 14.3. The van der Waals surface area contributed by atoms with Crippen LogP contribution in [0.4, 0.5) is 0 Å². The van der Waals surface area contributed by atoms with E-state index >= 15 is 0 Å². The molecule has 1 aliphatic rings. The van der Waals surface area contributed by atoms with Crippen LogP contribution in [-0.2, 0) is 0 Å². The van der Waals surface area contributed by atoms with Crippen LogP contribution < -0.4 is 5.32 Å². The molecule has 1 fully saturated rings. The van der Waals surface area contributed by atoms with Gasteiger partial charge in [-0.2, -0.15) is 0 Å². The van der Waals surface area contributed by atoms with Gasteiger partial charge in [0.1, 0.15) is 0 Å². The third-order valence-electron chi connectivity index (χ3n) is 3.81. The van der Waals surface area contributed by atoms with Crippen molar-refractivity contribution in [1.82, 2.24) is 10.2 Å². The molecule has 16 heavy (non-hydrogen) atoms. The SMILES string of the molecule is CCCC1CN(CC(C)(C)CC)CCCN1. The predicted molar refractivity (Wildman–Crippen MR) is 71.8 cm³/mol. The third kappa shape index (κ3) is 4.84. The molecule has 0 radical (unpaired) electrons. The lowest BCUT2D eigenvalue weighted by Gasteiger charge is -2.32. The lowest BCUT2D eigenvalue weighted by Crippen LogP contribution is -2.41. The molecule has 0 amide bonds. The van der Waals surface area contributed by atoms with Crippen molar-refractivity contribution in [2.45, 2.75) is 59.4 Å². The van der Waals surface area contributed by atoms with Crippen molar-refractivity contribution >= 4 is 0 Å². The fourth-order valence-corrected chi connectivity index (χ4v) is 2.48. The Morgan fingerprint density at radius 1 is 1.31 bits per heavy atom. The second-order valence-corrected chi connectivity index (χ2v) is 6.05. The molecule has 2 heteroatoms. The molecule has 0 bridgehead atoms. The zero-order valence-electron chi connectivity index (χ0n) is 11.7. The van der Waals surface area contributed by atoms with Crippen molar-refractivity contribution < 1.29 is 0 Å². The van der Waals surface area contributed by atoms with E-state index in [0.29, 0.717) is 5.41 Å². The Morgan fingerprint density at radius 2 is 2.06 bits per heavy atom. The lowest BCUT2D eigenvalue weighted by atomic mass is 9.89. The summed E-state index contributed by atoms with van der Waals surface area (Å²) < 4.78 is 0. The first kappa shape index (κ1) is 14.0. The number of nitrogens with zero attached hydrogens (tertiary/aromatic N) is 1. The van der Waals surface area contributed by atoms with Gasteiger partial charge in [0.15, 0.2) is 0 Å². The topological polar surface area (TPSA) is 15.3 Å². The minimum absolute atomic E-state index is 0.473. The van der Waals surface area contributed by atoms with Crippen LogP contribution in [0.25, 0.3) is 0 Å². The second-order valence-electron chi connectivity index (χ2n) is 6.05. The van der Waals surface area contributed by atoms with Gasteiger partial charge in [0.25, 0.3) is 0 Å². The van der Waals surface area contributed by atoms with E-state index in [1.807, 2.05) is 0 Å². The quantitative estimate of drug-likeness (QED) is 0.775. The molecule has 1 N–H and O–H groups in total. The number of nitrogens with one attached hydrogen (secondary N) is 1. The first-order valence-corrected chi connectivity index (χ1v) is 7.03. The van der Waals surface area contributed by atoms with Crippen molar-refractivity contribution in [2.75, 3.05) is 26.2 Å². The summed E-state index contributed by atoms with van der Waals surface area (Å²) in [7, 11) is 0. The van der Waals surface area contributed by atoms with Gasteiger partial charge in [0.05, 0.1) is 0 Å². The van der Waals surface area contributed by atoms with Gasteiger partial charge in [-0.25, -0.2) is 0 Å². The Kier molecular flexibility index (Phi) is 5.77. The van der Waals surface area contributed by atoms with Gasteiger partial charge in [-0.15, -0.1) is 0 Å². The molecule has 1 aliphatic heterocycles. The maximum Gasteiger partial charge on any atom is 0.0194 e. The average molecular weight is 226 g/mol. The lowest BCUT2D eigenvalue weighted by molar-refractivity contribution is 0.169. The molecule has 1 rings (SSSR count). The van der Waals surface area contributed by atoms with Crippen molar-refractivity contribution in [2.24, 2.45) is 5.41 Å². The van der Waals surface area contributed by atoms with Gasteiger partial charge < -0.3 is 10.2 Å². The maximum absolute atomic E-state index is 3.67. The molecular weight excluding hydrogens is 196 g/mol. The van der Waals surface area contributed by atoms with E-state index < -0.39 is 0 Å². The van der Waals surface area contributed by atoms with E-state index in [4.69, 9.17) is 0 Å². The van der Waals surface area contributed by atoms with Crippen LogP contribution in [0.3, 0.4) is 0 Å². The summed E-state index contributed by atoms with van der Waals surface area (Å²) in [6, 6.07) is 0.722. The molecule has 0 saturated carbocycles. The Bertz CT molecular complexity index is 189. The maximum atomic E-state index is 3.67. The van der Waals surface area contributed by atoms with Crippen LogP contribution in [0.2, 0.25) is 0 Å². The van der Waals surface area contributed by atoms with Crippen molar-refractivity contribution in [3.05, 3.63) is 0 Å². The number of hydrogen-bond donors (Lipinski definition) is 1. The molecule has 0 aliphatic carbocycles. The zero-order valence-corrected chi connectivity index (χ0v) is 11.7. The normalized spacial score (nSPS) is 24.4. The van der Waals surface area contributed by atoms with Crippen LogP contribution >= 0.6 is 0 Å². The van der Waals surface area contributed by atoms with E-state index in [1.165, 1.54) is 51.9 Å². The van der Waals surface area contributed by atoms with Crippen LogP contribution in [-0.4, -0.2) is 37.1 Å². The minimum Gasteiger partial charge on any atom is -0.313 e. The second kappa shape index (κ2) is 6.61. The molecule has 2 nitrogen and oxygen atoms in total. The van der Waals surface area contributed by atoms with Gasteiger partial charge in [-0.3, -0.25) is 0 Å². The van der Waals surface area contributed by atoms with Gasteiger partial charge in [-0.1, -0.05) is 34.1 Å². The Hall–Kier alpha value is -0.0800. The molecule has 96 valence electrons. The fraction of sp³-hybridized carbons (Fsp3) is 1.00. The van der Waals surface area contributed by atoms with Gasteiger partial charge >= 0.3 is 0 Å².